The predicted octanol–water partition coefficient (Wildman–Crippen LogP) is 3.16. The van der Waals surface area contributed by atoms with Crippen molar-refractivity contribution in [2.24, 2.45) is 0 Å². The highest BCUT2D eigenvalue weighted by Gasteiger charge is 2.34. The molecule has 168 valence electrons. The number of carbonyl (C=O) groups is 3. The van der Waals surface area contributed by atoms with Crippen molar-refractivity contribution in [1.29, 1.82) is 0 Å². The molecule has 3 heterocycles. The van der Waals surface area contributed by atoms with Gasteiger partial charge in [-0.05, 0) is 49.2 Å². The SMILES string of the molecule is Cc1cc2oc(-c3cc(C(=O)ON4C(=O)CCC4=O)cc4c3OCOC4)cc(=O)c2cc1C. The lowest BCUT2D eigenvalue weighted by Crippen LogP contribution is -2.32. The maximum absolute atomic E-state index is 12.8. The minimum absolute atomic E-state index is 0.00328. The van der Waals surface area contributed by atoms with Gasteiger partial charge in [-0.1, -0.05) is 0 Å². The maximum atomic E-state index is 12.8. The van der Waals surface area contributed by atoms with E-state index in [9.17, 15) is 19.2 Å². The molecule has 0 aliphatic carbocycles. The monoisotopic (exact) mass is 449 g/mol. The summed E-state index contributed by atoms with van der Waals surface area (Å²) in [6, 6.07) is 7.85. The van der Waals surface area contributed by atoms with Crippen molar-refractivity contribution in [3.05, 3.63) is 62.8 Å². The number of hydrogen-bond acceptors (Lipinski definition) is 8. The Bertz CT molecular complexity index is 1390. The molecule has 9 nitrogen and oxygen atoms in total. The van der Waals surface area contributed by atoms with Gasteiger partial charge in [0, 0.05) is 24.5 Å². The van der Waals surface area contributed by atoms with Gasteiger partial charge >= 0.3 is 5.97 Å². The first-order valence-electron chi connectivity index (χ1n) is 10.3. The molecular formula is C24H19NO8. The molecule has 0 N–H and O–H groups in total. The van der Waals surface area contributed by atoms with Crippen molar-refractivity contribution < 1.29 is 33.1 Å². The summed E-state index contributed by atoms with van der Waals surface area (Å²) < 4.78 is 17.0. The summed E-state index contributed by atoms with van der Waals surface area (Å²) in [5, 5.41) is 0.928. The number of imide groups is 1. The van der Waals surface area contributed by atoms with E-state index in [1.807, 2.05) is 13.8 Å². The van der Waals surface area contributed by atoms with Crippen LogP contribution in [0.2, 0.25) is 0 Å². The molecular weight excluding hydrogens is 430 g/mol. The molecule has 1 fully saturated rings. The summed E-state index contributed by atoms with van der Waals surface area (Å²) >= 11 is 0. The Balaban J connectivity index is 1.62. The van der Waals surface area contributed by atoms with Crippen LogP contribution in [0.3, 0.4) is 0 Å². The summed E-state index contributed by atoms with van der Waals surface area (Å²) in [6.07, 6.45) is -0.0191. The van der Waals surface area contributed by atoms with E-state index in [1.165, 1.54) is 18.2 Å². The fourth-order valence-electron chi connectivity index (χ4n) is 3.86. The third-order valence-electron chi connectivity index (χ3n) is 5.73. The van der Waals surface area contributed by atoms with Gasteiger partial charge < -0.3 is 18.7 Å². The topological polar surface area (TPSA) is 112 Å². The Morgan fingerprint density at radius 2 is 1.70 bits per heavy atom. The maximum Gasteiger partial charge on any atom is 0.363 e. The summed E-state index contributed by atoms with van der Waals surface area (Å²) in [5.74, 6) is -1.44. The van der Waals surface area contributed by atoms with Gasteiger partial charge in [-0.3, -0.25) is 14.4 Å². The molecule has 1 saturated heterocycles. The van der Waals surface area contributed by atoms with Crippen molar-refractivity contribution in [2.75, 3.05) is 6.79 Å². The minimum Gasteiger partial charge on any atom is -0.466 e. The van der Waals surface area contributed by atoms with Gasteiger partial charge in [-0.2, -0.15) is 0 Å². The van der Waals surface area contributed by atoms with Crippen LogP contribution in [-0.2, 0) is 25.8 Å². The molecule has 3 aromatic rings. The lowest BCUT2D eigenvalue weighted by Gasteiger charge is -2.22. The van der Waals surface area contributed by atoms with Crippen LogP contribution in [0.4, 0.5) is 0 Å². The summed E-state index contributed by atoms with van der Waals surface area (Å²) in [6.45, 7) is 3.98. The fraction of sp³-hybridized carbons (Fsp3) is 0.250. The molecule has 2 aliphatic heterocycles. The minimum atomic E-state index is -0.900. The van der Waals surface area contributed by atoms with E-state index in [0.717, 1.165) is 11.1 Å². The van der Waals surface area contributed by atoms with Crippen LogP contribution >= 0.6 is 0 Å². The zero-order valence-electron chi connectivity index (χ0n) is 17.9. The molecule has 9 heteroatoms. The predicted molar refractivity (Wildman–Crippen MR) is 114 cm³/mol. The Hall–Kier alpha value is -3.98. The van der Waals surface area contributed by atoms with Gasteiger partial charge in [0.15, 0.2) is 12.2 Å². The van der Waals surface area contributed by atoms with Gasteiger partial charge in [0.2, 0.25) is 0 Å². The molecule has 2 amide bonds. The van der Waals surface area contributed by atoms with Crippen LogP contribution < -0.4 is 10.2 Å². The number of nitrogens with zero attached hydrogens (tertiary/aromatic N) is 1. The Morgan fingerprint density at radius 3 is 2.45 bits per heavy atom. The van der Waals surface area contributed by atoms with Crippen LogP contribution in [-0.4, -0.2) is 29.6 Å². The largest absolute Gasteiger partial charge is 0.466 e. The number of hydrogen-bond donors (Lipinski definition) is 0. The summed E-state index contributed by atoms with van der Waals surface area (Å²) in [4.78, 5) is 54.3. The average molecular weight is 449 g/mol. The van der Waals surface area contributed by atoms with E-state index < -0.39 is 17.8 Å². The van der Waals surface area contributed by atoms with Crippen LogP contribution in [0.1, 0.15) is 39.9 Å². The van der Waals surface area contributed by atoms with E-state index in [0.29, 0.717) is 32.9 Å². The van der Waals surface area contributed by atoms with Crippen LogP contribution in [0, 0.1) is 13.8 Å². The van der Waals surface area contributed by atoms with E-state index in [-0.39, 0.29) is 43.0 Å². The van der Waals surface area contributed by atoms with Crippen molar-refractivity contribution in [3.63, 3.8) is 0 Å². The Kier molecular flexibility index (Phi) is 4.98. The number of amides is 2. The first kappa shape index (κ1) is 20.9. The van der Waals surface area contributed by atoms with Gasteiger partial charge in [-0.15, -0.1) is 5.06 Å². The third kappa shape index (κ3) is 3.66. The zero-order valence-corrected chi connectivity index (χ0v) is 17.9. The van der Waals surface area contributed by atoms with Crippen molar-refractivity contribution in [3.8, 4) is 17.1 Å². The van der Waals surface area contributed by atoms with Gasteiger partial charge in [0.05, 0.1) is 23.1 Å². The van der Waals surface area contributed by atoms with Crippen molar-refractivity contribution in [2.45, 2.75) is 33.3 Å². The third-order valence-corrected chi connectivity index (χ3v) is 5.73. The van der Waals surface area contributed by atoms with Crippen molar-refractivity contribution >= 4 is 28.8 Å². The van der Waals surface area contributed by atoms with Gasteiger partial charge in [-0.25, -0.2) is 4.79 Å². The van der Waals surface area contributed by atoms with Gasteiger partial charge in [0.25, 0.3) is 11.8 Å². The molecule has 0 radical (unpaired) electrons. The number of benzene rings is 2. The van der Waals surface area contributed by atoms with Crippen LogP contribution in [0.15, 0.2) is 39.5 Å². The summed E-state index contributed by atoms with van der Waals surface area (Å²) in [5.41, 5.74) is 3.04. The number of rotatable bonds is 3. The summed E-state index contributed by atoms with van der Waals surface area (Å²) in [7, 11) is 0. The molecule has 5 rings (SSSR count). The number of carbonyl (C=O) groups excluding carboxylic acids is 3. The van der Waals surface area contributed by atoms with Crippen LogP contribution in [0.5, 0.6) is 5.75 Å². The number of hydroxylamine groups is 2. The molecule has 0 saturated carbocycles. The second kappa shape index (κ2) is 7.86. The van der Waals surface area contributed by atoms with E-state index in [2.05, 4.69) is 0 Å². The van der Waals surface area contributed by atoms with Gasteiger partial charge in [0.1, 0.15) is 17.1 Å². The molecule has 1 aromatic heterocycles. The number of ether oxygens (including phenoxy) is 2. The van der Waals surface area contributed by atoms with Crippen molar-refractivity contribution in [1.82, 2.24) is 5.06 Å². The lowest BCUT2D eigenvalue weighted by molar-refractivity contribution is -0.172. The van der Waals surface area contributed by atoms with E-state index in [1.54, 1.807) is 12.1 Å². The highest BCUT2D eigenvalue weighted by molar-refractivity contribution is 6.03. The van der Waals surface area contributed by atoms with Crippen LogP contribution in [0.25, 0.3) is 22.3 Å². The number of aryl methyl sites for hydroxylation is 2. The number of fused-ring (bicyclic) bond motifs is 2. The standard InChI is InChI=1S/C24H19NO8/c1-12-5-16-18(26)9-20(32-19(16)6-13(12)2)17-8-14(7-15-10-30-11-31-23(15)17)24(29)33-25-21(27)3-4-22(25)28/h5-9H,3-4,10-11H2,1-2H3. The first-order valence-corrected chi connectivity index (χ1v) is 10.3. The Labute approximate surface area is 187 Å². The van der Waals surface area contributed by atoms with E-state index in [4.69, 9.17) is 18.7 Å². The first-order chi connectivity index (χ1) is 15.8. The molecule has 0 atom stereocenters. The second-order valence-electron chi connectivity index (χ2n) is 7.99. The normalized spacial score (nSPS) is 15.5. The fourth-order valence-corrected chi connectivity index (χ4v) is 3.86. The Morgan fingerprint density at radius 1 is 0.970 bits per heavy atom. The molecule has 2 aliphatic rings. The lowest BCUT2D eigenvalue weighted by atomic mass is 10.0. The molecule has 33 heavy (non-hydrogen) atoms. The smallest absolute Gasteiger partial charge is 0.363 e. The average Bonchev–Trinajstić information content (AvgIpc) is 3.11. The molecule has 0 bridgehead atoms. The quantitative estimate of drug-likeness (QED) is 0.561. The molecule has 0 unspecified atom stereocenters. The van der Waals surface area contributed by atoms with E-state index >= 15 is 0 Å². The highest BCUT2D eigenvalue weighted by Crippen LogP contribution is 2.38. The zero-order chi connectivity index (χ0) is 23.3. The molecule has 2 aromatic carbocycles. The molecule has 0 spiro atoms. The second-order valence-corrected chi connectivity index (χ2v) is 7.99. The highest BCUT2D eigenvalue weighted by atomic mass is 16.7.